The second kappa shape index (κ2) is 7.12. The summed E-state index contributed by atoms with van der Waals surface area (Å²) in [5.41, 5.74) is 0.910. The van der Waals surface area contributed by atoms with E-state index in [-0.39, 0.29) is 6.03 Å². The summed E-state index contributed by atoms with van der Waals surface area (Å²) in [5.74, 6) is 1.32. The Kier molecular flexibility index (Phi) is 5.21. The fourth-order valence-electron chi connectivity index (χ4n) is 2.32. The van der Waals surface area contributed by atoms with Gasteiger partial charge in [-0.2, -0.15) is 0 Å². The molecule has 1 aliphatic heterocycles. The number of rotatable bonds is 4. The lowest BCUT2D eigenvalue weighted by atomic mass is 10.00. The van der Waals surface area contributed by atoms with Gasteiger partial charge in [-0.05, 0) is 31.7 Å². The molecule has 20 heavy (non-hydrogen) atoms. The lowest BCUT2D eigenvalue weighted by Crippen LogP contribution is -2.43. The van der Waals surface area contributed by atoms with Crippen LogP contribution in [0.5, 0.6) is 5.88 Å². The molecule has 0 radical (unpaired) electrons. The molecule has 1 N–H and O–H groups in total. The third kappa shape index (κ3) is 3.85. The normalized spacial score (nSPS) is 16.0. The minimum absolute atomic E-state index is 0.00296. The number of carbonyl (C=O) groups excluding carboxylic acids is 1. The van der Waals surface area contributed by atoms with E-state index in [0.717, 1.165) is 37.4 Å². The summed E-state index contributed by atoms with van der Waals surface area (Å²) in [6.45, 7) is 6.87. The summed E-state index contributed by atoms with van der Waals surface area (Å²) in [4.78, 5) is 18.2. The Labute approximate surface area is 120 Å². The lowest BCUT2D eigenvalue weighted by molar-refractivity contribution is 0.173. The maximum absolute atomic E-state index is 12.1. The zero-order valence-corrected chi connectivity index (χ0v) is 12.3. The Morgan fingerprint density at radius 3 is 2.95 bits per heavy atom. The van der Waals surface area contributed by atoms with Gasteiger partial charge in [0.25, 0.3) is 0 Å². The minimum atomic E-state index is 0.00296. The first-order chi connectivity index (χ1) is 9.70. The first-order valence-electron chi connectivity index (χ1n) is 7.30. The molecule has 0 saturated carbocycles. The van der Waals surface area contributed by atoms with Gasteiger partial charge in [0, 0.05) is 31.4 Å². The molecule has 5 heteroatoms. The molecular weight excluding hydrogens is 254 g/mol. The number of urea groups is 1. The molecule has 2 heterocycles. The standard InChI is InChI=1S/C15H23N3O2/c1-3-20-14-13(5-4-8-16-14)11-17-15(19)18-9-6-12(2)7-10-18/h4-5,8,12H,3,6-7,9-11H2,1-2H3,(H,17,19). The third-order valence-corrected chi connectivity index (χ3v) is 3.63. The van der Waals surface area contributed by atoms with Crippen LogP contribution >= 0.6 is 0 Å². The maximum Gasteiger partial charge on any atom is 0.317 e. The summed E-state index contributed by atoms with van der Waals surface area (Å²) in [5, 5.41) is 2.95. The third-order valence-electron chi connectivity index (χ3n) is 3.63. The molecule has 2 rings (SSSR count). The molecule has 0 spiro atoms. The zero-order valence-electron chi connectivity index (χ0n) is 12.3. The molecule has 1 fully saturated rings. The summed E-state index contributed by atoms with van der Waals surface area (Å²) in [6, 6.07) is 3.78. The van der Waals surface area contributed by atoms with Gasteiger partial charge in [0.05, 0.1) is 6.61 Å². The van der Waals surface area contributed by atoms with Gasteiger partial charge >= 0.3 is 6.03 Å². The number of nitrogens with one attached hydrogen (secondary N) is 1. The predicted octanol–water partition coefficient (Wildman–Crippen LogP) is 2.42. The highest BCUT2D eigenvalue weighted by Gasteiger charge is 2.20. The van der Waals surface area contributed by atoms with Crippen LogP contribution in [0.15, 0.2) is 18.3 Å². The van der Waals surface area contributed by atoms with Crippen LogP contribution in [-0.2, 0) is 6.54 Å². The Balaban J connectivity index is 1.87. The summed E-state index contributed by atoms with van der Waals surface area (Å²) in [6.07, 6.45) is 3.87. The number of hydrogen-bond acceptors (Lipinski definition) is 3. The fourth-order valence-corrected chi connectivity index (χ4v) is 2.32. The number of likely N-dealkylation sites (tertiary alicyclic amines) is 1. The van der Waals surface area contributed by atoms with Crippen molar-refractivity contribution in [3.8, 4) is 5.88 Å². The van der Waals surface area contributed by atoms with E-state index >= 15 is 0 Å². The average molecular weight is 277 g/mol. The second-order valence-electron chi connectivity index (χ2n) is 5.23. The van der Waals surface area contributed by atoms with Crippen molar-refractivity contribution in [3.05, 3.63) is 23.9 Å². The smallest absolute Gasteiger partial charge is 0.317 e. The van der Waals surface area contributed by atoms with Gasteiger partial charge < -0.3 is 15.0 Å². The zero-order chi connectivity index (χ0) is 14.4. The molecule has 2 amide bonds. The van der Waals surface area contributed by atoms with Gasteiger partial charge in [0.15, 0.2) is 0 Å². The molecule has 1 aromatic rings. The van der Waals surface area contributed by atoms with E-state index in [1.54, 1.807) is 6.20 Å². The number of amides is 2. The van der Waals surface area contributed by atoms with Crippen LogP contribution < -0.4 is 10.1 Å². The molecule has 1 saturated heterocycles. The quantitative estimate of drug-likeness (QED) is 0.919. The van der Waals surface area contributed by atoms with E-state index in [1.807, 2.05) is 24.0 Å². The number of ether oxygens (including phenoxy) is 1. The van der Waals surface area contributed by atoms with Crippen LogP contribution in [0.25, 0.3) is 0 Å². The van der Waals surface area contributed by atoms with Gasteiger partial charge in [0.2, 0.25) is 5.88 Å². The summed E-state index contributed by atoms with van der Waals surface area (Å²) in [7, 11) is 0. The monoisotopic (exact) mass is 277 g/mol. The van der Waals surface area contributed by atoms with Gasteiger partial charge in [-0.25, -0.2) is 9.78 Å². The molecule has 0 bridgehead atoms. The van der Waals surface area contributed by atoms with E-state index in [9.17, 15) is 4.79 Å². The molecular formula is C15H23N3O2. The van der Waals surface area contributed by atoms with Crippen molar-refractivity contribution in [1.82, 2.24) is 15.2 Å². The number of piperidine rings is 1. The molecule has 0 unspecified atom stereocenters. The number of aromatic nitrogens is 1. The highest BCUT2D eigenvalue weighted by molar-refractivity contribution is 5.74. The van der Waals surface area contributed by atoms with Crippen LogP contribution in [0.4, 0.5) is 4.79 Å². The first kappa shape index (κ1) is 14.6. The summed E-state index contributed by atoms with van der Waals surface area (Å²) < 4.78 is 5.45. The van der Waals surface area contributed by atoms with Gasteiger partial charge in [0.1, 0.15) is 0 Å². The van der Waals surface area contributed by atoms with Crippen molar-refractivity contribution in [1.29, 1.82) is 0 Å². The second-order valence-corrected chi connectivity index (χ2v) is 5.23. The number of carbonyl (C=O) groups is 1. The maximum atomic E-state index is 12.1. The van der Waals surface area contributed by atoms with Gasteiger partial charge in [-0.3, -0.25) is 0 Å². The number of hydrogen-bond donors (Lipinski definition) is 1. The van der Waals surface area contributed by atoms with Crippen LogP contribution in [0.1, 0.15) is 32.3 Å². The molecule has 110 valence electrons. The van der Waals surface area contributed by atoms with Crippen molar-refractivity contribution in [2.45, 2.75) is 33.2 Å². The predicted molar refractivity (Wildman–Crippen MR) is 77.6 cm³/mol. The topological polar surface area (TPSA) is 54.5 Å². The largest absolute Gasteiger partial charge is 0.478 e. The van der Waals surface area contributed by atoms with Crippen molar-refractivity contribution in [2.75, 3.05) is 19.7 Å². The molecule has 0 atom stereocenters. The average Bonchev–Trinajstić information content (AvgIpc) is 2.47. The molecule has 0 aliphatic carbocycles. The van der Waals surface area contributed by atoms with Crippen LogP contribution in [0.2, 0.25) is 0 Å². The van der Waals surface area contributed by atoms with Crippen molar-refractivity contribution >= 4 is 6.03 Å². The van der Waals surface area contributed by atoms with E-state index in [4.69, 9.17) is 4.74 Å². The molecule has 1 aromatic heterocycles. The number of nitrogens with zero attached hydrogens (tertiary/aromatic N) is 2. The van der Waals surface area contributed by atoms with Crippen LogP contribution in [0.3, 0.4) is 0 Å². The first-order valence-corrected chi connectivity index (χ1v) is 7.30. The Hall–Kier alpha value is -1.78. The highest BCUT2D eigenvalue weighted by Crippen LogP contribution is 2.17. The van der Waals surface area contributed by atoms with E-state index in [0.29, 0.717) is 19.0 Å². The lowest BCUT2D eigenvalue weighted by Gasteiger charge is -2.30. The van der Waals surface area contributed by atoms with Gasteiger partial charge in [-0.15, -0.1) is 0 Å². The van der Waals surface area contributed by atoms with Crippen LogP contribution in [-0.4, -0.2) is 35.6 Å². The van der Waals surface area contributed by atoms with Crippen molar-refractivity contribution < 1.29 is 9.53 Å². The van der Waals surface area contributed by atoms with Crippen LogP contribution in [0, 0.1) is 5.92 Å². The van der Waals surface area contributed by atoms with E-state index in [1.165, 1.54) is 0 Å². The molecule has 0 aromatic carbocycles. The number of pyridine rings is 1. The minimum Gasteiger partial charge on any atom is -0.478 e. The summed E-state index contributed by atoms with van der Waals surface area (Å²) >= 11 is 0. The Morgan fingerprint density at radius 2 is 2.25 bits per heavy atom. The highest BCUT2D eigenvalue weighted by atomic mass is 16.5. The van der Waals surface area contributed by atoms with Crippen molar-refractivity contribution in [3.63, 3.8) is 0 Å². The molecule has 5 nitrogen and oxygen atoms in total. The van der Waals surface area contributed by atoms with E-state index in [2.05, 4.69) is 17.2 Å². The fraction of sp³-hybridized carbons (Fsp3) is 0.600. The van der Waals surface area contributed by atoms with Crippen molar-refractivity contribution in [2.24, 2.45) is 5.92 Å². The van der Waals surface area contributed by atoms with E-state index < -0.39 is 0 Å². The Bertz CT molecular complexity index is 442. The Morgan fingerprint density at radius 1 is 1.50 bits per heavy atom. The SMILES string of the molecule is CCOc1ncccc1CNC(=O)N1CCC(C)CC1. The van der Waals surface area contributed by atoms with Gasteiger partial charge in [-0.1, -0.05) is 13.0 Å². The molecule has 1 aliphatic rings.